The van der Waals surface area contributed by atoms with Crippen molar-refractivity contribution in [2.75, 3.05) is 26.2 Å². The molecule has 2 aromatic rings. The molecule has 0 aliphatic carbocycles. The first-order valence-electron chi connectivity index (χ1n) is 13.0. The van der Waals surface area contributed by atoms with Crippen molar-refractivity contribution in [2.45, 2.75) is 51.2 Å². The molecule has 4 nitrogen and oxygen atoms in total. The van der Waals surface area contributed by atoms with Gasteiger partial charge in [-0.1, -0.05) is 60.7 Å². The quantitative estimate of drug-likeness (QED) is 0.442. The number of fused-ring (bicyclic) bond motifs is 1. The van der Waals surface area contributed by atoms with Crippen LogP contribution in [0.15, 0.2) is 84.5 Å². The molecule has 0 saturated carbocycles. The van der Waals surface area contributed by atoms with Crippen molar-refractivity contribution in [3.8, 4) is 5.75 Å². The summed E-state index contributed by atoms with van der Waals surface area (Å²) >= 11 is 6.03. The number of likely N-dealkylation sites (tertiary alicyclic amines) is 1. The van der Waals surface area contributed by atoms with Crippen LogP contribution in [0.4, 0.5) is 0 Å². The van der Waals surface area contributed by atoms with Crippen LogP contribution in [0.5, 0.6) is 5.75 Å². The molecule has 0 amide bonds. The van der Waals surface area contributed by atoms with Crippen LogP contribution in [0.1, 0.15) is 56.7 Å². The first-order valence-corrected chi connectivity index (χ1v) is 13.4. The minimum absolute atomic E-state index is 0.422. The number of benzene rings is 2. The number of aliphatic hydroxyl groups is 2. The van der Waals surface area contributed by atoms with E-state index < -0.39 is 11.2 Å². The highest BCUT2D eigenvalue weighted by molar-refractivity contribution is 6.30. The van der Waals surface area contributed by atoms with E-state index >= 15 is 0 Å². The molecular formula is C32H38ClNO3. The predicted molar refractivity (Wildman–Crippen MR) is 153 cm³/mol. The van der Waals surface area contributed by atoms with E-state index in [1.807, 2.05) is 61.5 Å². The van der Waals surface area contributed by atoms with Gasteiger partial charge in [0, 0.05) is 30.2 Å². The fourth-order valence-electron chi connectivity index (χ4n) is 5.03. The molecule has 2 aromatic carbocycles. The Morgan fingerprint density at radius 1 is 1.11 bits per heavy atom. The van der Waals surface area contributed by atoms with Crippen molar-refractivity contribution in [3.63, 3.8) is 0 Å². The van der Waals surface area contributed by atoms with E-state index in [2.05, 4.69) is 23.6 Å². The van der Waals surface area contributed by atoms with E-state index in [-0.39, 0.29) is 0 Å². The second-order valence-electron chi connectivity index (χ2n) is 10.6. The van der Waals surface area contributed by atoms with Crippen LogP contribution < -0.4 is 4.74 Å². The number of piperidine rings is 1. The lowest BCUT2D eigenvalue weighted by Crippen LogP contribution is -2.42. The lowest BCUT2D eigenvalue weighted by atomic mass is 9.84. The lowest BCUT2D eigenvalue weighted by molar-refractivity contribution is -0.0254. The van der Waals surface area contributed by atoms with Crippen LogP contribution in [0.25, 0.3) is 5.57 Å². The molecule has 196 valence electrons. The Balaban J connectivity index is 1.54. The maximum Gasteiger partial charge on any atom is 0.127 e. The van der Waals surface area contributed by atoms with Gasteiger partial charge < -0.3 is 19.8 Å². The molecule has 0 atom stereocenters. The van der Waals surface area contributed by atoms with Crippen LogP contribution in [0, 0.1) is 0 Å². The predicted octanol–water partition coefficient (Wildman–Crippen LogP) is 6.78. The van der Waals surface area contributed by atoms with Gasteiger partial charge in [0.25, 0.3) is 0 Å². The Labute approximate surface area is 226 Å². The Bertz CT molecular complexity index is 1210. The summed E-state index contributed by atoms with van der Waals surface area (Å²) in [6.45, 7) is 12.9. The molecule has 0 radical (unpaired) electrons. The first kappa shape index (κ1) is 27.4. The number of rotatable bonds is 6. The Morgan fingerprint density at radius 3 is 2.46 bits per heavy atom. The second kappa shape index (κ2) is 11.4. The first-order chi connectivity index (χ1) is 17.6. The molecule has 0 aromatic heterocycles. The normalized spacial score (nSPS) is 20.8. The van der Waals surface area contributed by atoms with Gasteiger partial charge in [-0.25, -0.2) is 0 Å². The third kappa shape index (κ3) is 6.45. The highest BCUT2D eigenvalue weighted by Gasteiger charge is 2.33. The summed E-state index contributed by atoms with van der Waals surface area (Å²) in [6, 6.07) is 13.5. The number of nitrogens with zero attached hydrogens (tertiary/aromatic N) is 1. The SMILES string of the molecule is C=C1COc2ccc(C(C)(C)O)cc2C(=C/CCN2CCC(O)(c3ccc(Cl)cc3)CC2)/C1=C/C=C\C. The molecule has 37 heavy (non-hydrogen) atoms. The number of hydrogen-bond acceptors (Lipinski definition) is 4. The van der Waals surface area contributed by atoms with Gasteiger partial charge in [0.1, 0.15) is 12.4 Å². The molecular weight excluding hydrogens is 482 g/mol. The summed E-state index contributed by atoms with van der Waals surface area (Å²) in [5.41, 5.74) is 4.07. The average Bonchev–Trinajstić information content (AvgIpc) is 3.00. The molecule has 2 N–H and O–H groups in total. The fraction of sp³-hybridized carbons (Fsp3) is 0.375. The summed E-state index contributed by atoms with van der Waals surface area (Å²) in [7, 11) is 0. The lowest BCUT2D eigenvalue weighted by Gasteiger charge is -2.38. The summed E-state index contributed by atoms with van der Waals surface area (Å²) in [5.74, 6) is 0.801. The standard InChI is InChI=1S/C32H38ClNO3/c1-5-6-8-27-23(2)22-37-30-15-12-25(31(3,4)35)21-29(30)28(27)9-7-18-34-19-16-32(36,17-20-34)24-10-13-26(33)14-11-24/h5-6,8-15,21,35-36H,2,7,16-20,22H2,1,3-4H3/b6-5-,27-8+,28-9+. The second-order valence-corrected chi connectivity index (χ2v) is 11.0. The third-order valence-corrected chi connectivity index (χ3v) is 7.62. The Kier molecular flexibility index (Phi) is 8.45. The Morgan fingerprint density at radius 2 is 1.81 bits per heavy atom. The van der Waals surface area contributed by atoms with E-state index in [9.17, 15) is 10.2 Å². The monoisotopic (exact) mass is 519 g/mol. The van der Waals surface area contributed by atoms with E-state index in [4.69, 9.17) is 16.3 Å². The third-order valence-electron chi connectivity index (χ3n) is 7.36. The van der Waals surface area contributed by atoms with Crippen LogP contribution in [0.2, 0.25) is 5.02 Å². The van der Waals surface area contributed by atoms with Gasteiger partial charge in [-0.2, -0.15) is 0 Å². The number of hydrogen-bond donors (Lipinski definition) is 2. The van der Waals surface area contributed by atoms with Crippen LogP contribution in [0.3, 0.4) is 0 Å². The van der Waals surface area contributed by atoms with E-state index in [1.165, 1.54) is 0 Å². The molecule has 5 heteroatoms. The Hall–Kier alpha value is -2.63. The van der Waals surface area contributed by atoms with Crippen molar-refractivity contribution in [1.29, 1.82) is 0 Å². The largest absolute Gasteiger partial charge is 0.488 e. The van der Waals surface area contributed by atoms with Crippen molar-refractivity contribution in [1.82, 2.24) is 4.90 Å². The zero-order valence-electron chi connectivity index (χ0n) is 22.1. The maximum absolute atomic E-state index is 11.2. The van der Waals surface area contributed by atoms with Gasteiger partial charge >= 0.3 is 0 Å². The minimum Gasteiger partial charge on any atom is -0.488 e. The number of halogens is 1. The number of ether oxygens (including phenoxy) is 1. The van der Waals surface area contributed by atoms with Crippen molar-refractivity contribution in [2.24, 2.45) is 0 Å². The summed E-state index contributed by atoms with van der Waals surface area (Å²) in [5, 5.41) is 22.6. The molecule has 0 spiro atoms. The molecule has 0 bridgehead atoms. The minimum atomic E-state index is -0.953. The van der Waals surface area contributed by atoms with Crippen LogP contribution in [-0.2, 0) is 11.2 Å². The van der Waals surface area contributed by atoms with E-state index in [1.54, 1.807) is 13.8 Å². The highest BCUT2D eigenvalue weighted by Crippen LogP contribution is 2.40. The molecule has 4 rings (SSSR count). The topological polar surface area (TPSA) is 52.9 Å². The summed E-state index contributed by atoms with van der Waals surface area (Å²) in [4.78, 5) is 2.41. The average molecular weight is 520 g/mol. The molecule has 2 aliphatic rings. The summed E-state index contributed by atoms with van der Waals surface area (Å²) in [6.07, 6.45) is 10.6. The zero-order valence-corrected chi connectivity index (χ0v) is 22.9. The zero-order chi connectivity index (χ0) is 26.6. The molecule has 2 heterocycles. The number of allylic oxidation sites excluding steroid dienone is 4. The van der Waals surface area contributed by atoms with Gasteiger partial charge in [-0.3, -0.25) is 0 Å². The van der Waals surface area contributed by atoms with E-state index in [0.29, 0.717) is 24.5 Å². The van der Waals surface area contributed by atoms with Crippen molar-refractivity contribution >= 4 is 17.2 Å². The highest BCUT2D eigenvalue weighted by atomic mass is 35.5. The van der Waals surface area contributed by atoms with Gasteiger partial charge in [0.15, 0.2) is 0 Å². The smallest absolute Gasteiger partial charge is 0.127 e. The summed E-state index contributed by atoms with van der Waals surface area (Å²) < 4.78 is 6.10. The van der Waals surface area contributed by atoms with Crippen LogP contribution in [-0.4, -0.2) is 41.4 Å². The van der Waals surface area contributed by atoms with Crippen molar-refractivity contribution < 1.29 is 14.9 Å². The van der Waals surface area contributed by atoms with Crippen LogP contribution >= 0.6 is 11.6 Å². The molecule has 2 aliphatic heterocycles. The molecule has 1 fully saturated rings. The van der Waals surface area contributed by atoms with Gasteiger partial charge in [-0.05, 0) is 92.1 Å². The fourth-order valence-corrected chi connectivity index (χ4v) is 5.16. The van der Waals surface area contributed by atoms with Gasteiger partial charge in [0.05, 0.1) is 11.2 Å². The maximum atomic E-state index is 11.2. The van der Waals surface area contributed by atoms with Gasteiger partial charge in [0.2, 0.25) is 0 Å². The van der Waals surface area contributed by atoms with Crippen molar-refractivity contribution in [3.05, 3.63) is 106 Å². The molecule has 0 unspecified atom stereocenters. The van der Waals surface area contributed by atoms with E-state index in [0.717, 1.165) is 65.2 Å². The molecule has 1 saturated heterocycles. The van der Waals surface area contributed by atoms with Gasteiger partial charge in [-0.15, -0.1) is 0 Å².